The zero-order chi connectivity index (χ0) is 25.5. The van der Waals surface area contributed by atoms with Crippen LogP contribution in [0.25, 0.3) is 10.8 Å². The number of nitrogens with one attached hydrogen (secondary N) is 2. The molecule has 1 aromatic heterocycles. The van der Waals surface area contributed by atoms with Crippen LogP contribution in [0.2, 0.25) is 0 Å². The Balaban J connectivity index is 1.36. The molecule has 0 aliphatic carbocycles. The second-order valence-corrected chi connectivity index (χ2v) is 11.3. The van der Waals surface area contributed by atoms with Gasteiger partial charge in [-0.2, -0.15) is 0 Å². The van der Waals surface area contributed by atoms with Crippen LogP contribution in [0.5, 0.6) is 0 Å². The number of amides is 1. The molecule has 0 atom stereocenters. The lowest BCUT2D eigenvalue weighted by Crippen LogP contribution is -2.33. The van der Waals surface area contributed by atoms with Crippen molar-refractivity contribution >= 4 is 26.9 Å². The van der Waals surface area contributed by atoms with Crippen molar-refractivity contribution in [1.29, 1.82) is 0 Å². The van der Waals surface area contributed by atoms with Crippen molar-refractivity contribution in [2.75, 3.05) is 26.7 Å². The number of carbonyl (C=O) groups excluding carboxylic acids is 1. The Labute approximate surface area is 207 Å². The molecular weight excluding hydrogens is 466 g/mol. The van der Waals surface area contributed by atoms with E-state index in [9.17, 15) is 13.2 Å². The molecule has 0 aliphatic heterocycles. The standard InChI is InChI=1S/C26H35N3O5S/c1-26(2,3)34-25(30)27-18-21-13-11-20(12-14-21)8-7-16-29(4)17-15-28-35(31,32)24-23-10-6-5-9-22(23)19-33-24/h5-6,9-14,19,28H,7-8,15-18H2,1-4H3,(H,27,30). The van der Waals surface area contributed by atoms with E-state index < -0.39 is 21.7 Å². The van der Waals surface area contributed by atoms with Crippen LogP contribution in [0.1, 0.15) is 38.3 Å². The van der Waals surface area contributed by atoms with Gasteiger partial charge in [0.1, 0.15) is 11.9 Å². The number of nitrogens with zero attached hydrogens (tertiary/aromatic N) is 1. The van der Waals surface area contributed by atoms with Gasteiger partial charge in [-0.1, -0.05) is 42.5 Å². The van der Waals surface area contributed by atoms with Crippen molar-refractivity contribution in [3.63, 3.8) is 0 Å². The highest BCUT2D eigenvalue weighted by atomic mass is 32.2. The first-order valence-corrected chi connectivity index (χ1v) is 13.2. The van der Waals surface area contributed by atoms with E-state index in [2.05, 4.69) is 27.1 Å². The van der Waals surface area contributed by atoms with Crippen molar-refractivity contribution in [3.8, 4) is 0 Å². The highest BCUT2D eigenvalue weighted by Crippen LogP contribution is 2.24. The average Bonchev–Trinajstić information content (AvgIpc) is 3.22. The van der Waals surface area contributed by atoms with Gasteiger partial charge >= 0.3 is 6.09 Å². The summed E-state index contributed by atoms with van der Waals surface area (Å²) in [6.07, 6.45) is 2.89. The van der Waals surface area contributed by atoms with E-state index in [4.69, 9.17) is 9.15 Å². The number of likely N-dealkylation sites (N-methyl/N-ethyl adjacent to an activating group) is 1. The monoisotopic (exact) mass is 501 g/mol. The number of alkyl carbamates (subject to hydrolysis) is 1. The van der Waals surface area contributed by atoms with Crippen LogP contribution < -0.4 is 10.0 Å². The van der Waals surface area contributed by atoms with Crippen LogP contribution in [0.4, 0.5) is 4.79 Å². The predicted octanol–water partition coefficient (Wildman–Crippen LogP) is 4.30. The fourth-order valence-corrected chi connectivity index (χ4v) is 4.73. The molecule has 3 rings (SSSR count). The molecule has 1 heterocycles. The summed E-state index contributed by atoms with van der Waals surface area (Å²) in [6, 6.07) is 15.3. The van der Waals surface area contributed by atoms with Gasteiger partial charge in [0.15, 0.2) is 0 Å². The molecule has 9 heteroatoms. The summed E-state index contributed by atoms with van der Waals surface area (Å²) in [6.45, 7) is 7.65. The van der Waals surface area contributed by atoms with Gasteiger partial charge in [-0.15, -0.1) is 0 Å². The van der Waals surface area contributed by atoms with Crippen molar-refractivity contribution in [1.82, 2.24) is 14.9 Å². The smallest absolute Gasteiger partial charge is 0.407 e. The molecule has 0 spiro atoms. The van der Waals surface area contributed by atoms with Crippen LogP contribution in [-0.4, -0.2) is 51.7 Å². The summed E-state index contributed by atoms with van der Waals surface area (Å²) in [4.78, 5) is 13.9. The predicted molar refractivity (Wildman–Crippen MR) is 137 cm³/mol. The molecule has 190 valence electrons. The first kappa shape index (κ1) is 26.7. The third kappa shape index (κ3) is 8.38. The van der Waals surface area contributed by atoms with Crippen LogP contribution in [0.15, 0.2) is 64.3 Å². The molecule has 0 saturated heterocycles. The maximum atomic E-state index is 12.6. The summed E-state index contributed by atoms with van der Waals surface area (Å²) in [5.41, 5.74) is 1.71. The maximum absolute atomic E-state index is 12.6. The Kier molecular flexibility index (Phi) is 8.93. The lowest BCUT2D eigenvalue weighted by Gasteiger charge is -2.19. The van der Waals surface area contributed by atoms with Gasteiger partial charge < -0.3 is 19.4 Å². The molecule has 8 nitrogen and oxygen atoms in total. The minimum atomic E-state index is -3.70. The largest absolute Gasteiger partial charge is 0.450 e. The Morgan fingerprint density at radius 3 is 2.43 bits per heavy atom. The zero-order valence-corrected chi connectivity index (χ0v) is 21.7. The molecule has 0 bridgehead atoms. The number of ether oxygens (including phenoxy) is 1. The van der Waals surface area contributed by atoms with Crippen LogP contribution in [0.3, 0.4) is 0 Å². The lowest BCUT2D eigenvalue weighted by atomic mass is 10.1. The van der Waals surface area contributed by atoms with E-state index in [0.29, 0.717) is 25.0 Å². The highest BCUT2D eigenvalue weighted by Gasteiger charge is 2.21. The second-order valence-electron chi connectivity index (χ2n) is 9.59. The summed E-state index contributed by atoms with van der Waals surface area (Å²) in [7, 11) is -1.73. The van der Waals surface area contributed by atoms with E-state index >= 15 is 0 Å². The number of sulfonamides is 1. The van der Waals surface area contributed by atoms with Crippen molar-refractivity contribution < 1.29 is 22.4 Å². The summed E-state index contributed by atoms with van der Waals surface area (Å²) >= 11 is 0. The van der Waals surface area contributed by atoms with E-state index in [1.54, 1.807) is 12.1 Å². The normalized spacial score (nSPS) is 12.3. The van der Waals surface area contributed by atoms with Gasteiger partial charge in [0.25, 0.3) is 10.0 Å². The van der Waals surface area contributed by atoms with Gasteiger partial charge in [-0.05, 0) is 64.4 Å². The quantitative estimate of drug-likeness (QED) is 0.406. The molecule has 35 heavy (non-hydrogen) atoms. The van der Waals surface area contributed by atoms with Gasteiger partial charge in [-0.25, -0.2) is 17.9 Å². The molecule has 0 fully saturated rings. The number of hydrogen-bond acceptors (Lipinski definition) is 6. The molecule has 0 unspecified atom stereocenters. The molecule has 0 aliphatic rings. The van der Waals surface area contributed by atoms with Gasteiger partial charge in [0.05, 0.1) is 0 Å². The second kappa shape index (κ2) is 11.7. The number of aryl methyl sites for hydroxylation is 1. The number of fused-ring (bicyclic) bond motifs is 1. The van der Waals surface area contributed by atoms with Crippen molar-refractivity contribution in [2.24, 2.45) is 0 Å². The number of furan rings is 1. The lowest BCUT2D eigenvalue weighted by molar-refractivity contribution is 0.0523. The van der Waals surface area contributed by atoms with E-state index in [0.717, 1.165) is 30.3 Å². The molecule has 0 radical (unpaired) electrons. The van der Waals surface area contributed by atoms with E-state index in [-0.39, 0.29) is 5.09 Å². The molecule has 0 saturated carbocycles. The fourth-order valence-electron chi connectivity index (χ4n) is 3.59. The average molecular weight is 502 g/mol. The number of hydrogen-bond donors (Lipinski definition) is 2. The van der Waals surface area contributed by atoms with Crippen molar-refractivity contribution in [3.05, 3.63) is 65.9 Å². The highest BCUT2D eigenvalue weighted by molar-refractivity contribution is 7.89. The summed E-state index contributed by atoms with van der Waals surface area (Å²) in [5.74, 6) is 0. The van der Waals surface area contributed by atoms with Crippen molar-refractivity contribution in [2.45, 2.75) is 50.9 Å². The molecule has 2 aromatic carbocycles. The SMILES string of the molecule is CN(CCCc1ccc(CNC(=O)OC(C)(C)C)cc1)CCNS(=O)(=O)c1occ2ccccc12. The Hall–Kier alpha value is -2.88. The maximum Gasteiger partial charge on any atom is 0.407 e. The Morgan fingerprint density at radius 2 is 1.71 bits per heavy atom. The van der Waals surface area contributed by atoms with Gasteiger partial charge in [0.2, 0.25) is 5.09 Å². The molecule has 3 aromatic rings. The molecule has 1 amide bonds. The topological polar surface area (TPSA) is 101 Å². The van der Waals surface area contributed by atoms with E-state index in [1.807, 2.05) is 52.1 Å². The summed E-state index contributed by atoms with van der Waals surface area (Å²) < 4.78 is 38.4. The van der Waals surface area contributed by atoms with Gasteiger partial charge in [-0.3, -0.25) is 0 Å². The van der Waals surface area contributed by atoms with Crippen LogP contribution >= 0.6 is 0 Å². The third-order valence-corrected chi connectivity index (χ3v) is 6.76. The van der Waals surface area contributed by atoms with Crippen LogP contribution in [-0.2, 0) is 27.7 Å². The van der Waals surface area contributed by atoms with Gasteiger partial charge in [0, 0.05) is 30.4 Å². The fraction of sp³-hybridized carbons (Fsp3) is 0.423. The minimum Gasteiger partial charge on any atom is -0.450 e. The Bertz CT molecular complexity index is 1210. The minimum absolute atomic E-state index is 0.0412. The first-order valence-electron chi connectivity index (χ1n) is 11.7. The number of carbonyl (C=O) groups is 1. The van der Waals surface area contributed by atoms with Crippen LogP contribution in [0, 0.1) is 0 Å². The number of benzene rings is 2. The molecule has 2 N–H and O–H groups in total. The summed E-state index contributed by atoms with van der Waals surface area (Å²) in [5, 5.41) is 4.06. The zero-order valence-electron chi connectivity index (χ0n) is 20.8. The number of rotatable bonds is 11. The van der Waals surface area contributed by atoms with E-state index in [1.165, 1.54) is 11.8 Å². The molecular formula is C26H35N3O5S. The Morgan fingerprint density at radius 1 is 1.03 bits per heavy atom. The first-order chi connectivity index (χ1) is 16.5. The third-order valence-electron chi connectivity index (χ3n) is 5.37.